The highest BCUT2D eigenvalue weighted by molar-refractivity contribution is 7.23. The van der Waals surface area contributed by atoms with Gasteiger partial charge in [-0.05, 0) is 37.3 Å². The van der Waals surface area contributed by atoms with Gasteiger partial charge < -0.3 is 4.57 Å². The summed E-state index contributed by atoms with van der Waals surface area (Å²) >= 11 is 8.27. The van der Waals surface area contributed by atoms with Crippen molar-refractivity contribution in [2.45, 2.75) is 6.92 Å². The number of benzene rings is 4. The standard InChI is InChI=1S/C29H19ClN2S.C3H6/c1-2-31-28(27-23-11-5-8-14-26(23)33-29(27)30)19-15-17-20(18-16-19)32-24-12-6-3-9-21(24)22-10-4-7-13-25(22)32;1-3-2/h2-18H,1H2;3H,1H2,2H3. The minimum absolute atomic E-state index is 0.739. The lowest BCUT2D eigenvalue weighted by Gasteiger charge is -2.11. The monoisotopic (exact) mass is 504 g/mol. The number of hydrogen-bond acceptors (Lipinski definition) is 2. The van der Waals surface area contributed by atoms with Crippen molar-refractivity contribution in [1.82, 2.24) is 4.57 Å². The van der Waals surface area contributed by atoms with E-state index in [-0.39, 0.29) is 0 Å². The minimum Gasteiger partial charge on any atom is -0.309 e. The van der Waals surface area contributed by atoms with Gasteiger partial charge in [-0.25, -0.2) is 0 Å². The number of aliphatic imine (C=N–C) groups is 1. The van der Waals surface area contributed by atoms with Crippen molar-refractivity contribution in [2.75, 3.05) is 0 Å². The van der Waals surface area contributed by atoms with E-state index in [1.165, 1.54) is 21.8 Å². The summed E-state index contributed by atoms with van der Waals surface area (Å²) in [6.07, 6.45) is 3.33. The maximum Gasteiger partial charge on any atom is 0.103 e. The van der Waals surface area contributed by atoms with Crippen molar-refractivity contribution < 1.29 is 0 Å². The zero-order valence-electron chi connectivity index (χ0n) is 20.0. The van der Waals surface area contributed by atoms with E-state index >= 15 is 0 Å². The fourth-order valence-corrected chi connectivity index (χ4v) is 5.95. The summed E-state index contributed by atoms with van der Waals surface area (Å²) in [5, 5.41) is 3.62. The molecule has 6 rings (SSSR count). The Balaban J connectivity index is 0.000000848. The van der Waals surface area contributed by atoms with Crippen LogP contribution in [-0.2, 0) is 0 Å². The summed E-state index contributed by atoms with van der Waals surface area (Å²) in [5.74, 6) is 0. The molecule has 4 aromatic carbocycles. The first kappa shape index (κ1) is 23.8. The molecule has 0 spiro atoms. The highest BCUT2D eigenvalue weighted by Crippen LogP contribution is 2.37. The van der Waals surface area contributed by atoms with Gasteiger partial charge in [-0.2, -0.15) is 0 Å². The predicted molar refractivity (Wildman–Crippen MR) is 159 cm³/mol. The van der Waals surface area contributed by atoms with E-state index in [0.29, 0.717) is 0 Å². The Hall–Kier alpha value is -3.92. The first-order chi connectivity index (χ1) is 17.7. The molecule has 0 aliphatic carbocycles. The third kappa shape index (κ3) is 4.17. The van der Waals surface area contributed by atoms with E-state index < -0.39 is 0 Å². The molecular weight excluding hydrogens is 480 g/mol. The largest absolute Gasteiger partial charge is 0.309 e. The molecule has 176 valence electrons. The second-order valence-electron chi connectivity index (χ2n) is 8.23. The van der Waals surface area contributed by atoms with Gasteiger partial charge in [-0.3, -0.25) is 4.99 Å². The maximum atomic E-state index is 6.69. The lowest BCUT2D eigenvalue weighted by molar-refractivity contribution is 1.18. The van der Waals surface area contributed by atoms with Gasteiger partial charge in [0.25, 0.3) is 0 Å². The van der Waals surface area contributed by atoms with E-state index in [4.69, 9.17) is 11.6 Å². The highest BCUT2D eigenvalue weighted by atomic mass is 35.5. The molecule has 2 nitrogen and oxygen atoms in total. The van der Waals surface area contributed by atoms with Crippen LogP contribution in [0.2, 0.25) is 4.34 Å². The van der Waals surface area contributed by atoms with Crippen LogP contribution in [0.1, 0.15) is 18.1 Å². The van der Waals surface area contributed by atoms with Crippen LogP contribution in [0.4, 0.5) is 0 Å². The lowest BCUT2D eigenvalue weighted by Crippen LogP contribution is -2.03. The minimum atomic E-state index is 0.739. The van der Waals surface area contributed by atoms with Crippen LogP contribution < -0.4 is 0 Å². The van der Waals surface area contributed by atoms with Crippen LogP contribution in [0.15, 0.2) is 127 Å². The number of thiophene rings is 1. The lowest BCUT2D eigenvalue weighted by atomic mass is 10.0. The number of rotatable bonds is 4. The van der Waals surface area contributed by atoms with Crippen molar-refractivity contribution in [1.29, 1.82) is 0 Å². The Morgan fingerprint density at radius 2 is 1.31 bits per heavy atom. The van der Waals surface area contributed by atoms with Gasteiger partial charge in [0, 0.05) is 43.9 Å². The van der Waals surface area contributed by atoms with Crippen molar-refractivity contribution >= 4 is 60.5 Å². The number of aromatic nitrogens is 1. The third-order valence-corrected chi connectivity index (χ3v) is 7.37. The van der Waals surface area contributed by atoms with Crippen molar-refractivity contribution in [2.24, 2.45) is 4.99 Å². The quantitative estimate of drug-likeness (QED) is 0.168. The summed E-state index contributed by atoms with van der Waals surface area (Å²) < 4.78 is 4.20. The molecule has 2 heterocycles. The molecule has 36 heavy (non-hydrogen) atoms. The summed E-state index contributed by atoms with van der Waals surface area (Å²) in [4.78, 5) is 4.64. The molecule has 0 N–H and O–H groups in total. The number of hydrogen-bond donors (Lipinski definition) is 0. The summed E-state index contributed by atoms with van der Waals surface area (Å²) in [7, 11) is 0. The molecule has 0 unspecified atom stereocenters. The van der Waals surface area contributed by atoms with E-state index in [0.717, 1.165) is 36.9 Å². The first-order valence-electron chi connectivity index (χ1n) is 11.7. The number of para-hydroxylation sites is 2. The van der Waals surface area contributed by atoms with Crippen molar-refractivity contribution in [3.05, 3.63) is 138 Å². The van der Waals surface area contributed by atoms with Crippen LogP contribution >= 0.6 is 22.9 Å². The number of halogens is 1. The molecule has 0 bridgehead atoms. The Morgan fingerprint density at radius 3 is 1.89 bits per heavy atom. The molecular formula is C32H25ClN2S. The van der Waals surface area contributed by atoms with Gasteiger partial charge in [-0.1, -0.05) is 91.0 Å². The van der Waals surface area contributed by atoms with Gasteiger partial charge in [0.05, 0.1) is 16.7 Å². The number of allylic oxidation sites excluding steroid dienone is 1. The molecule has 0 fully saturated rings. The molecule has 0 radical (unpaired) electrons. The smallest absolute Gasteiger partial charge is 0.103 e. The predicted octanol–water partition coefficient (Wildman–Crippen LogP) is 9.82. The van der Waals surface area contributed by atoms with Crippen LogP contribution in [-0.4, -0.2) is 10.3 Å². The van der Waals surface area contributed by atoms with Crippen LogP contribution in [0.25, 0.3) is 37.6 Å². The van der Waals surface area contributed by atoms with E-state index in [1.807, 2.05) is 19.1 Å². The topological polar surface area (TPSA) is 17.3 Å². The van der Waals surface area contributed by atoms with E-state index in [2.05, 4.69) is 108 Å². The first-order valence-corrected chi connectivity index (χ1v) is 12.9. The van der Waals surface area contributed by atoms with Gasteiger partial charge in [0.1, 0.15) is 4.34 Å². The fraction of sp³-hybridized carbons (Fsp3) is 0.0312. The molecule has 0 atom stereocenters. The van der Waals surface area contributed by atoms with Crippen LogP contribution in [0.5, 0.6) is 0 Å². The SMILES string of the molecule is C=CC.C=CN=C(c1ccc(-n2c3ccccc3c3ccccc32)cc1)c1c(Cl)sc2ccccc12. The normalized spacial score (nSPS) is 11.4. The van der Waals surface area contributed by atoms with E-state index in [1.54, 1.807) is 23.6 Å². The number of fused-ring (bicyclic) bond motifs is 4. The Labute approximate surface area is 220 Å². The Morgan fingerprint density at radius 1 is 0.778 bits per heavy atom. The molecule has 0 amide bonds. The molecule has 0 aliphatic heterocycles. The average molecular weight is 505 g/mol. The van der Waals surface area contributed by atoms with Crippen LogP contribution in [0, 0.1) is 0 Å². The van der Waals surface area contributed by atoms with Gasteiger partial charge in [0.15, 0.2) is 0 Å². The van der Waals surface area contributed by atoms with E-state index in [9.17, 15) is 0 Å². The fourth-order valence-electron chi connectivity index (χ4n) is 4.58. The summed E-state index contributed by atoms with van der Waals surface area (Å²) in [6, 6.07) is 33.8. The van der Waals surface area contributed by atoms with Crippen molar-refractivity contribution in [3.63, 3.8) is 0 Å². The molecule has 0 saturated heterocycles. The second kappa shape index (κ2) is 10.4. The third-order valence-electron chi connectivity index (χ3n) is 5.99. The second-order valence-corrected chi connectivity index (χ2v) is 9.89. The summed E-state index contributed by atoms with van der Waals surface area (Å²) in [6.45, 7) is 9.09. The molecule has 2 aromatic heterocycles. The van der Waals surface area contributed by atoms with Gasteiger partial charge >= 0.3 is 0 Å². The van der Waals surface area contributed by atoms with Gasteiger partial charge in [0.2, 0.25) is 0 Å². The highest BCUT2D eigenvalue weighted by Gasteiger charge is 2.18. The van der Waals surface area contributed by atoms with Crippen molar-refractivity contribution in [3.8, 4) is 5.69 Å². The Bertz CT molecular complexity index is 1680. The molecule has 0 aliphatic rings. The zero-order chi connectivity index (χ0) is 25.1. The van der Waals surface area contributed by atoms with Gasteiger partial charge in [-0.15, -0.1) is 17.9 Å². The zero-order valence-corrected chi connectivity index (χ0v) is 21.6. The Kier molecular flexibility index (Phi) is 6.86. The maximum absolute atomic E-state index is 6.69. The number of nitrogens with zero attached hydrogens (tertiary/aromatic N) is 2. The average Bonchev–Trinajstić information content (AvgIpc) is 3.42. The summed E-state index contributed by atoms with van der Waals surface area (Å²) in [5.41, 5.74) is 6.29. The van der Waals surface area contributed by atoms with Crippen LogP contribution in [0.3, 0.4) is 0 Å². The molecule has 6 aromatic rings. The molecule has 4 heteroatoms. The molecule has 0 saturated carbocycles.